The van der Waals surface area contributed by atoms with Crippen LogP contribution >= 0.6 is 0 Å². The standard InChI is InChI=1S/C25H20F3N3O3/c1-2-20(22(32)29-18-12-8-11-17(15-18)25(26,27)28)33-21-14-7-6-13-19(21)24-31-30-23(34-24)16-9-4-3-5-10-16/h3-15,20H,2H2,1H3,(H,29,32)/t20-/m0/s1. The molecule has 1 heterocycles. The van der Waals surface area contributed by atoms with E-state index in [9.17, 15) is 18.0 Å². The lowest BCUT2D eigenvalue weighted by Crippen LogP contribution is -2.32. The summed E-state index contributed by atoms with van der Waals surface area (Å²) in [5.41, 5.74) is 0.420. The minimum Gasteiger partial charge on any atom is -0.480 e. The van der Waals surface area contributed by atoms with Crippen LogP contribution in [0.25, 0.3) is 22.9 Å². The van der Waals surface area contributed by atoms with Gasteiger partial charge in [-0.25, -0.2) is 0 Å². The lowest BCUT2D eigenvalue weighted by Gasteiger charge is -2.19. The van der Waals surface area contributed by atoms with E-state index in [4.69, 9.17) is 9.15 Å². The van der Waals surface area contributed by atoms with Crippen molar-refractivity contribution in [2.45, 2.75) is 25.6 Å². The minimum atomic E-state index is -4.51. The van der Waals surface area contributed by atoms with E-state index in [1.807, 2.05) is 30.3 Å². The van der Waals surface area contributed by atoms with Crippen molar-refractivity contribution in [1.82, 2.24) is 10.2 Å². The number of aromatic nitrogens is 2. The molecular weight excluding hydrogens is 447 g/mol. The van der Waals surface area contributed by atoms with Crippen molar-refractivity contribution in [3.63, 3.8) is 0 Å². The second-order valence-electron chi connectivity index (χ2n) is 7.36. The van der Waals surface area contributed by atoms with Crippen LogP contribution in [0, 0.1) is 0 Å². The van der Waals surface area contributed by atoms with Crippen LogP contribution in [-0.2, 0) is 11.0 Å². The quantitative estimate of drug-likeness (QED) is 0.349. The molecule has 0 saturated carbocycles. The number of alkyl halides is 3. The number of ether oxygens (including phenoxy) is 1. The van der Waals surface area contributed by atoms with Gasteiger partial charge in [-0.3, -0.25) is 4.79 Å². The van der Waals surface area contributed by atoms with Gasteiger partial charge in [-0.2, -0.15) is 13.2 Å². The summed E-state index contributed by atoms with van der Waals surface area (Å²) in [5.74, 6) is 0.297. The lowest BCUT2D eigenvalue weighted by molar-refractivity contribution is -0.137. The Hall–Kier alpha value is -4.14. The molecule has 0 spiro atoms. The van der Waals surface area contributed by atoms with Crippen LogP contribution in [0.15, 0.2) is 83.3 Å². The number of carbonyl (C=O) groups excluding carboxylic acids is 1. The van der Waals surface area contributed by atoms with Gasteiger partial charge in [-0.05, 0) is 48.9 Å². The number of amides is 1. The fourth-order valence-corrected chi connectivity index (χ4v) is 3.25. The third-order valence-electron chi connectivity index (χ3n) is 4.95. The molecule has 0 bridgehead atoms. The highest BCUT2D eigenvalue weighted by Gasteiger charge is 2.31. The van der Waals surface area contributed by atoms with E-state index in [2.05, 4.69) is 15.5 Å². The van der Waals surface area contributed by atoms with Crippen molar-refractivity contribution in [2.75, 3.05) is 5.32 Å². The summed E-state index contributed by atoms with van der Waals surface area (Å²) in [7, 11) is 0. The van der Waals surface area contributed by atoms with Crippen LogP contribution in [-0.4, -0.2) is 22.2 Å². The molecule has 0 radical (unpaired) electrons. The third kappa shape index (κ3) is 5.25. The van der Waals surface area contributed by atoms with Gasteiger partial charge < -0.3 is 14.5 Å². The van der Waals surface area contributed by atoms with Gasteiger partial charge in [0.15, 0.2) is 6.10 Å². The zero-order valence-electron chi connectivity index (χ0n) is 18.0. The van der Waals surface area contributed by atoms with Crippen LogP contribution in [0.5, 0.6) is 5.75 Å². The number of nitrogens with one attached hydrogen (secondary N) is 1. The van der Waals surface area contributed by atoms with Crippen molar-refractivity contribution in [3.05, 3.63) is 84.4 Å². The van der Waals surface area contributed by atoms with Gasteiger partial charge in [0, 0.05) is 11.3 Å². The Kier molecular flexibility index (Phi) is 6.62. The maximum atomic E-state index is 13.0. The first kappa shape index (κ1) is 23.0. The second-order valence-corrected chi connectivity index (χ2v) is 7.36. The molecule has 0 aliphatic heterocycles. The Morgan fingerprint density at radius 3 is 2.41 bits per heavy atom. The molecule has 0 saturated heterocycles. The van der Waals surface area contributed by atoms with Gasteiger partial charge >= 0.3 is 6.18 Å². The molecule has 1 aromatic heterocycles. The maximum absolute atomic E-state index is 13.0. The molecule has 34 heavy (non-hydrogen) atoms. The van der Waals surface area contributed by atoms with Gasteiger partial charge in [-0.15, -0.1) is 10.2 Å². The van der Waals surface area contributed by atoms with Crippen molar-refractivity contribution in [3.8, 4) is 28.7 Å². The average molecular weight is 467 g/mol. The molecule has 0 unspecified atom stereocenters. The monoisotopic (exact) mass is 467 g/mol. The van der Waals surface area contributed by atoms with Crippen LogP contribution in [0.1, 0.15) is 18.9 Å². The molecule has 1 amide bonds. The van der Waals surface area contributed by atoms with Crippen LogP contribution in [0.2, 0.25) is 0 Å². The van der Waals surface area contributed by atoms with Crippen LogP contribution in [0.4, 0.5) is 18.9 Å². The molecular formula is C25H20F3N3O3. The van der Waals surface area contributed by atoms with E-state index in [1.165, 1.54) is 12.1 Å². The van der Waals surface area contributed by atoms with Crippen molar-refractivity contribution in [1.29, 1.82) is 0 Å². The highest BCUT2D eigenvalue weighted by Crippen LogP contribution is 2.33. The Morgan fingerprint density at radius 2 is 1.68 bits per heavy atom. The van der Waals surface area contributed by atoms with Gasteiger partial charge in [0.05, 0.1) is 11.1 Å². The minimum absolute atomic E-state index is 0.0274. The highest BCUT2D eigenvalue weighted by atomic mass is 19.4. The average Bonchev–Trinajstić information content (AvgIpc) is 3.33. The van der Waals surface area contributed by atoms with Gasteiger partial charge in [0.2, 0.25) is 5.89 Å². The van der Waals surface area contributed by atoms with Crippen molar-refractivity contribution >= 4 is 11.6 Å². The first-order chi connectivity index (χ1) is 16.3. The normalized spacial score (nSPS) is 12.2. The lowest BCUT2D eigenvalue weighted by atomic mass is 10.1. The second kappa shape index (κ2) is 9.78. The van der Waals surface area contributed by atoms with Crippen molar-refractivity contribution < 1.29 is 27.1 Å². The molecule has 1 N–H and O–H groups in total. The van der Waals surface area contributed by atoms with E-state index < -0.39 is 23.8 Å². The molecule has 1 atom stereocenters. The molecule has 0 fully saturated rings. The summed E-state index contributed by atoms with van der Waals surface area (Å²) in [6.45, 7) is 1.74. The van der Waals surface area contributed by atoms with E-state index in [0.29, 0.717) is 17.2 Å². The van der Waals surface area contributed by atoms with E-state index in [0.717, 1.165) is 17.7 Å². The number of hydrogen-bond acceptors (Lipinski definition) is 5. The summed E-state index contributed by atoms with van der Waals surface area (Å²) in [6, 6.07) is 20.5. The van der Waals surface area contributed by atoms with Gasteiger partial charge in [-0.1, -0.05) is 43.3 Å². The Balaban J connectivity index is 1.53. The Morgan fingerprint density at radius 1 is 0.971 bits per heavy atom. The molecule has 6 nitrogen and oxygen atoms in total. The number of carbonyl (C=O) groups is 1. The summed E-state index contributed by atoms with van der Waals surface area (Å²) >= 11 is 0. The predicted molar refractivity (Wildman–Crippen MR) is 120 cm³/mol. The number of anilines is 1. The molecule has 174 valence electrons. The first-order valence-corrected chi connectivity index (χ1v) is 10.5. The van der Waals surface area contributed by atoms with Gasteiger partial charge in [0.1, 0.15) is 5.75 Å². The summed E-state index contributed by atoms with van der Waals surface area (Å²) in [5, 5.41) is 10.7. The van der Waals surface area contributed by atoms with Gasteiger partial charge in [0.25, 0.3) is 11.8 Å². The zero-order chi connectivity index (χ0) is 24.1. The van der Waals surface area contributed by atoms with E-state index >= 15 is 0 Å². The number of nitrogens with zero attached hydrogens (tertiary/aromatic N) is 2. The molecule has 0 aliphatic rings. The number of benzene rings is 3. The van der Waals surface area contributed by atoms with Crippen LogP contribution in [0.3, 0.4) is 0 Å². The third-order valence-corrected chi connectivity index (χ3v) is 4.95. The first-order valence-electron chi connectivity index (χ1n) is 10.5. The molecule has 0 aliphatic carbocycles. The van der Waals surface area contributed by atoms with Crippen LogP contribution < -0.4 is 10.1 Å². The topological polar surface area (TPSA) is 77.2 Å². The fraction of sp³-hybridized carbons (Fsp3) is 0.160. The number of halogens is 3. The number of rotatable bonds is 7. The number of para-hydroxylation sites is 1. The molecule has 4 rings (SSSR count). The SMILES string of the molecule is CC[C@H](Oc1ccccc1-c1nnc(-c2ccccc2)o1)C(=O)Nc1cccc(C(F)(F)F)c1. The molecule has 3 aromatic carbocycles. The summed E-state index contributed by atoms with van der Waals surface area (Å²) < 4.78 is 50.7. The molecule has 4 aromatic rings. The largest absolute Gasteiger partial charge is 0.480 e. The summed E-state index contributed by atoms with van der Waals surface area (Å²) in [6.07, 6.45) is -5.20. The smallest absolute Gasteiger partial charge is 0.416 e. The molecule has 9 heteroatoms. The highest BCUT2D eigenvalue weighted by molar-refractivity contribution is 5.94. The Bertz CT molecular complexity index is 1270. The maximum Gasteiger partial charge on any atom is 0.416 e. The zero-order valence-corrected chi connectivity index (χ0v) is 18.0. The van der Waals surface area contributed by atoms with E-state index in [1.54, 1.807) is 31.2 Å². The van der Waals surface area contributed by atoms with E-state index in [-0.39, 0.29) is 18.0 Å². The predicted octanol–water partition coefficient (Wildman–Crippen LogP) is 6.22. The summed E-state index contributed by atoms with van der Waals surface area (Å²) in [4.78, 5) is 12.8. The fourth-order valence-electron chi connectivity index (χ4n) is 3.25. The number of hydrogen-bond donors (Lipinski definition) is 1. The Labute approximate surface area is 193 Å². The van der Waals surface area contributed by atoms with Crippen molar-refractivity contribution in [2.24, 2.45) is 0 Å².